The van der Waals surface area contributed by atoms with Gasteiger partial charge in [-0.05, 0) is 57.8 Å². The van der Waals surface area contributed by atoms with Gasteiger partial charge in [0, 0.05) is 30.9 Å². The molecule has 5 heteroatoms. The van der Waals surface area contributed by atoms with Crippen LogP contribution in [0.15, 0.2) is 12.2 Å². The summed E-state index contributed by atoms with van der Waals surface area (Å²) in [4.78, 5) is 0. The van der Waals surface area contributed by atoms with Crippen LogP contribution in [0.5, 0.6) is 0 Å². The lowest BCUT2D eigenvalue weighted by Gasteiger charge is -2.19. The summed E-state index contributed by atoms with van der Waals surface area (Å²) in [7, 11) is 0. The van der Waals surface area contributed by atoms with Crippen molar-refractivity contribution in [3.63, 3.8) is 0 Å². The Morgan fingerprint density at radius 3 is 1.55 bits per heavy atom. The molecule has 186 valence electrons. The van der Waals surface area contributed by atoms with E-state index in [9.17, 15) is 0 Å². The molecule has 0 aliphatic rings. The molecule has 0 saturated heterocycles. The standard InChI is InChI=1S/C26H51IO4/c27-21-15-9-7-5-3-1-2-4-6-8-14-20-26(30-24-18-12-10-16-22-28)31-25-19-13-11-17-23-29/h7,9,26,28-29H,1-6,8,10-25H2/b9-7+. The summed E-state index contributed by atoms with van der Waals surface area (Å²) < 4.78 is 13.3. The molecule has 0 radical (unpaired) electrons. The zero-order valence-corrected chi connectivity index (χ0v) is 22.2. The van der Waals surface area contributed by atoms with Crippen LogP contribution in [0.1, 0.15) is 116 Å². The molecule has 0 amide bonds. The molecule has 0 aromatic rings. The Morgan fingerprint density at radius 1 is 0.548 bits per heavy atom. The van der Waals surface area contributed by atoms with Gasteiger partial charge < -0.3 is 19.7 Å². The smallest absolute Gasteiger partial charge is 0.157 e. The van der Waals surface area contributed by atoms with Crippen LogP contribution in [0.4, 0.5) is 0 Å². The van der Waals surface area contributed by atoms with Crippen LogP contribution in [0.2, 0.25) is 0 Å². The van der Waals surface area contributed by atoms with E-state index in [-0.39, 0.29) is 6.29 Å². The number of unbranched alkanes of at least 4 members (excludes halogenated alkanes) is 13. The fourth-order valence-corrected chi connectivity index (χ4v) is 3.89. The molecule has 0 aliphatic heterocycles. The van der Waals surface area contributed by atoms with Crippen LogP contribution in [0, 0.1) is 0 Å². The predicted molar refractivity (Wildman–Crippen MR) is 141 cm³/mol. The topological polar surface area (TPSA) is 58.9 Å². The minimum Gasteiger partial charge on any atom is -0.396 e. The molecular formula is C26H51IO4. The second-order valence-corrected chi connectivity index (χ2v) is 9.53. The summed E-state index contributed by atoms with van der Waals surface area (Å²) in [6, 6.07) is 0. The Hall–Kier alpha value is 0.310. The molecule has 0 unspecified atom stereocenters. The van der Waals surface area contributed by atoms with E-state index in [1.165, 1.54) is 62.2 Å². The van der Waals surface area contributed by atoms with E-state index in [1.807, 2.05) is 0 Å². The minimum absolute atomic E-state index is 0.0648. The molecule has 0 bridgehead atoms. The van der Waals surface area contributed by atoms with Gasteiger partial charge in [0.05, 0.1) is 0 Å². The van der Waals surface area contributed by atoms with E-state index in [4.69, 9.17) is 19.7 Å². The number of halogens is 1. The molecule has 31 heavy (non-hydrogen) atoms. The van der Waals surface area contributed by atoms with Gasteiger partial charge in [0.2, 0.25) is 0 Å². The Labute approximate surface area is 206 Å². The Bertz CT molecular complexity index is 336. The second kappa shape index (κ2) is 28.3. The van der Waals surface area contributed by atoms with Crippen molar-refractivity contribution in [2.75, 3.05) is 30.9 Å². The monoisotopic (exact) mass is 554 g/mol. The van der Waals surface area contributed by atoms with Gasteiger partial charge in [0.1, 0.15) is 0 Å². The SMILES string of the molecule is OCCCCCCOC(CCCCCCCCC/C=C/CCI)OCCCCCCO. The maximum atomic E-state index is 8.86. The number of ether oxygens (including phenoxy) is 2. The lowest BCUT2D eigenvalue weighted by atomic mass is 10.1. The summed E-state index contributed by atoms with van der Waals surface area (Å²) in [5.41, 5.74) is 0. The molecule has 0 aromatic carbocycles. The normalized spacial score (nSPS) is 11.9. The van der Waals surface area contributed by atoms with Crippen LogP contribution >= 0.6 is 22.6 Å². The quantitative estimate of drug-likeness (QED) is 0.0386. The Morgan fingerprint density at radius 2 is 1.00 bits per heavy atom. The number of alkyl halides is 1. The summed E-state index contributed by atoms with van der Waals surface area (Å²) in [5, 5.41) is 17.7. The summed E-state index contributed by atoms with van der Waals surface area (Å²) in [5.74, 6) is 0. The van der Waals surface area contributed by atoms with E-state index in [2.05, 4.69) is 34.7 Å². The van der Waals surface area contributed by atoms with Crippen molar-refractivity contribution in [3.05, 3.63) is 12.2 Å². The first-order valence-corrected chi connectivity index (χ1v) is 14.5. The largest absolute Gasteiger partial charge is 0.396 e. The molecule has 0 fully saturated rings. The van der Waals surface area contributed by atoms with Crippen LogP contribution in [0.3, 0.4) is 0 Å². The van der Waals surface area contributed by atoms with E-state index in [0.29, 0.717) is 13.2 Å². The van der Waals surface area contributed by atoms with Gasteiger partial charge in [-0.1, -0.05) is 92.5 Å². The molecule has 0 heterocycles. The zero-order valence-electron chi connectivity index (χ0n) is 20.1. The average molecular weight is 555 g/mol. The van der Waals surface area contributed by atoms with Crippen molar-refractivity contribution < 1.29 is 19.7 Å². The van der Waals surface area contributed by atoms with E-state index < -0.39 is 0 Å². The van der Waals surface area contributed by atoms with Crippen molar-refractivity contribution >= 4 is 22.6 Å². The number of allylic oxidation sites excluding steroid dienone is 2. The van der Waals surface area contributed by atoms with Gasteiger partial charge >= 0.3 is 0 Å². The van der Waals surface area contributed by atoms with Gasteiger partial charge in [-0.15, -0.1) is 0 Å². The molecule has 0 rings (SSSR count). The second-order valence-electron chi connectivity index (χ2n) is 8.45. The van der Waals surface area contributed by atoms with Crippen LogP contribution in [0.25, 0.3) is 0 Å². The number of hydrogen-bond acceptors (Lipinski definition) is 4. The van der Waals surface area contributed by atoms with Gasteiger partial charge in [0.25, 0.3) is 0 Å². The van der Waals surface area contributed by atoms with Gasteiger partial charge in [-0.2, -0.15) is 0 Å². The van der Waals surface area contributed by atoms with Gasteiger partial charge in [-0.3, -0.25) is 0 Å². The van der Waals surface area contributed by atoms with E-state index in [0.717, 1.165) is 71.0 Å². The number of aliphatic hydroxyl groups is 2. The van der Waals surface area contributed by atoms with Gasteiger partial charge in [-0.25, -0.2) is 0 Å². The number of rotatable bonds is 26. The highest BCUT2D eigenvalue weighted by molar-refractivity contribution is 14.1. The predicted octanol–water partition coefficient (Wildman–Crippen LogP) is 7.34. The third-order valence-corrected chi connectivity index (χ3v) is 6.09. The van der Waals surface area contributed by atoms with Crippen molar-refractivity contribution in [3.8, 4) is 0 Å². The molecule has 0 aliphatic carbocycles. The molecule has 0 spiro atoms. The van der Waals surface area contributed by atoms with Crippen molar-refractivity contribution in [1.29, 1.82) is 0 Å². The molecule has 0 atom stereocenters. The molecular weight excluding hydrogens is 503 g/mol. The van der Waals surface area contributed by atoms with E-state index in [1.54, 1.807) is 0 Å². The van der Waals surface area contributed by atoms with Crippen molar-refractivity contribution in [2.24, 2.45) is 0 Å². The van der Waals surface area contributed by atoms with Crippen LogP contribution in [-0.2, 0) is 9.47 Å². The number of hydrogen-bond donors (Lipinski definition) is 2. The number of aliphatic hydroxyl groups excluding tert-OH is 2. The molecule has 0 saturated carbocycles. The van der Waals surface area contributed by atoms with Crippen LogP contribution < -0.4 is 0 Å². The summed E-state index contributed by atoms with van der Waals surface area (Å²) in [6.45, 7) is 2.09. The Balaban J connectivity index is 3.75. The lowest BCUT2D eigenvalue weighted by Crippen LogP contribution is -2.19. The highest BCUT2D eigenvalue weighted by Crippen LogP contribution is 2.14. The van der Waals surface area contributed by atoms with Crippen LogP contribution in [-0.4, -0.2) is 47.4 Å². The first kappa shape index (κ1) is 31.3. The first-order chi connectivity index (χ1) is 15.3. The average Bonchev–Trinajstić information content (AvgIpc) is 2.78. The van der Waals surface area contributed by atoms with Gasteiger partial charge in [0.15, 0.2) is 6.29 Å². The highest BCUT2D eigenvalue weighted by Gasteiger charge is 2.09. The van der Waals surface area contributed by atoms with Crippen molar-refractivity contribution in [1.82, 2.24) is 0 Å². The maximum Gasteiger partial charge on any atom is 0.157 e. The maximum absolute atomic E-state index is 8.86. The zero-order chi connectivity index (χ0) is 22.7. The first-order valence-electron chi connectivity index (χ1n) is 13.0. The summed E-state index contributed by atoms with van der Waals surface area (Å²) >= 11 is 2.42. The minimum atomic E-state index is -0.0648. The summed E-state index contributed by atoms with van der Waals surface area (Å²) in [6.07, 6.45) is 25.5. The van der Waals surface area contributed by atoms with Crippen molar-refractivity contribution in [2.45, 2.75) is 122 Å². The third kappa shape index (κ3) is 26.4. The molecule has 2 N–H and O–H groups in total. The fraction of sp³-hybridized carbons (Fsp3) is 0.923. The Kier molecular flexibility index (Phi) is 28.6. The van der Waals surface area contributed by atoms with E-state index >= 15 is 0 Å². The fourth-order valence-electron chi connectivity index (χ4n) is 3.53. The lowest BCUT2D eigenvalue weighted by molar-refractivity contribution is -0.148. The third-order valence-electron chi connectivity index (χ3n) is 5.47. The highest BCUT2D eigenvalue weighted by atomic mass is 127. The molecule has 0 aromatic heterocycles. The molecule has 4 nitrogen and oxygen atoms in total.